The van der Waals surface area contributed by atoms with E-state index in [1.54, 1.807) is 84.9 Å². The SMILES string of the molecule is O=C1C(=C2c3ccccc3-c3c2cc([N+](=O)[O-])cc3[N+](=O)[O-])C(=O)N(c2ccccc2)C(=S)N1c1ccccc1. The summed E-state index contributed by atoms with van der Waals surface area (Å²) in [5, 5.41) is 23.8. The van der Waals surface area contributed by atoms with E-state index in [0.29, 0.717) is 22.5 Å². The van der Waals surface area contributed by atoms with Gasteiger partial charge < -0.3 is 0 Å². The third kappa shape index (κ3) is 3.68. The Labute approximate surface area is 231 Å². The number of amides is 2. The highest BCUT2D eigenvalue weighted by molar-refractivity contribution is 7.81. The molecule has 11 heteroatoms. The second kappa shape index (κ2) is 9.33. The summed E-state index contributed by atoms with van der Waals surface area (Å²) >= 11 is 5.67. The van der Waals surface area contributed by atoms with Gasteiger partial charge in [0.2, 0.25) is 0 Å². The van der Waals surface area contributed by atoms with Gasteiger partial charge in [0.05, 0.1) is 32.9 Å². The molecule has 10 nitrogen and oxygen atoms in total. The van der Waals surface area contributed by atoms with Gasteiger partial charge in [-0.3, -0.25) is 39.6 Å². The molecule has 0 saturated carbocycles. The van der Waals surface area contributed by atoms with Crippen molar-refractivity contribution in [2.75, 3.05) is 9.80 Å². The summed E-state index contributed by atoms with van der Waals surface area (Å²) in [5.74, 6) is -1.50. The van der Waals surface area contributed by atoms with Crippen LogP contribution < -0.4 is 9.80 Å². The van der Waals surface area contributed by atoms with E-state index in [9.17, 15) is 29.8 Å². The first-order valence-corrected chi connectivity index (χ1v) is 12.3. The van der Waals surface area contributed by atoms with Crippen molar-refractivity contribution in [3.63, 3.8) is 0 Å². The van der Waals surface area contributed by atoms with Gasteiger partial charge >= 0.3 is 0 Å². The second-order valence-electron chi connectivity index (χ2n) is 8.93. The molecule has 0 unspecified atom stereocenters. The fraction of sp³-hybridized carbons (Fsp3) is 0. The Kier molecular flexibility index (Phi) is 5.78. The number of thiocarbonyl (C=S) groups is 1. The number of nitro groups is 2. The van der Waals surface area contributed by atoms with E-state index in [1.165, 1.54) is 9.80 Å². The number of rotatable bonds is 4. The van der Waals surface area contributed by atoms with E-state index >= 15 is 0 Å². The van der Waals surface area contributed by atoms with Crippen molar-refractivity contribution in [1.29, 1.82) is 0 Å². The van der Waals surface area contributed by atoms with Crippen LogP contribution in [0.5, 0.6) is 0 Å². The molecular weight excluding hydrogens is 532 g/mol. The first-order chi connectivity index (χ1) is 19.3. The number of carbonyl (C=O) groups is 2. The average Bonchev–Trinajstić information content (AvgIpc) is 3.28. The number of non-ortho nitro benzene ring substituents is 1. The van der Waals surface area contributed by atoms with Gasteiger partial charge in [-0.1, -0.05) is 60.7 Å². The average molecular weight is 549 g/mol. The molecule has 40 heavy (non-hydrogen) atoms. The third-order valence-corrected chi connectivity index (χ3v) is 7.11. The van der Waals surface area contributed by atoms with E-state index in [4.69, 9.17) is 12.2 Å². The molecule has 1 aliphatic heterocycles. The lowest BCUT2D eigenvalue weighted by atomic mass is 9.94. The Bertz CT molecular complexity index is 1760. The standard InChI is InChI=1S/C29H16N4O6S/c34-27-26(28(35)31(18-11-5-2-6-12-18)29(40)30(27)17-9-3-1-4-10-17)25-21-14-8-7-13-20(21)24-22(25)15-19(32(36)37)16-23(24)33(38)39/h1-16H. The Morgan fingerprint density at radius 1 is 0.600 bits per heavy atom. The number of fused-ring (bicyclic) bond motifs is 3. The summed E-state index contributed by atoms with van der Waals surface area (Å²) in [6.07, 6.45) is 0. The Hall–Kier alpha value is -5.55. The molecule has 4 aromatic carbocycles. The molecule has 0 bridgehead atoms. The molecule has 2 amide bonds. The Balaban J connectivity index is 1.72. The van der Waals surface area contributed by atoms with Gasteiger partial charge in [0.15, 0.2) is 5.11 Å². The number of para-hydroxylation sites is 2. The van der Waals surface area contributed by atoms with E-state index in [-0.39, 0.29) is 27.4 Å². The molecule has 0 aromatic heterocycles. The van der Waals surface area contributed by atoms with E-state index in [0.717, 1.165) is 12.1 Å². The molecule has 1 aliphatic carbocycles. The predicted molar refractivity (Wildman–Crippen MR) is 152 cm³/mol. The number of hydrogen-bond donors (Lipinski definition) is 0. The quantitative estimate of drug-likeness (QED) is 0.0934. The fourth-order valence-electron chi connectivity index (χ4n) is 5.09. The summed E-state index contributed by atoms with van der Waals surface area (Å²) in [4.78, 5) is 53.3. The number of benzene rings is 4. The van der Waals surface area contributed by atoms with Crippen LogP contribution in [0.1, 0.15) is 11.1 Å². The highest BCUT2D eigenvalue weighted by atomic mass is 32.1. The van der Waals surface area contributed by atoms with Gasteiger partial charge in [-0.25, -0.2) is 0 Å². The van der Waals surface area contributed by atoms with Crippen molar-refractivity contribution in [1.82, 2.24) is 0 Å². The molecule has 0 N–H and O–H groups in total. The molecule has 1 heterocycles. The predicted octanol–water partition coefficient (Wildman–Crippen LogP) is 5.65. The lowest BCUT2D eigenvalue weighted by molar-refractivity contribution is -0.393. The maximum absolute atomic E-state index is 14.2. The van der Waals surface area contributed by atoms with Crippen molar-refractivity contribution in [3.05, 3.63) is 134 Å². The van der Waals surface area contributed by atoms with Crippen LogP contribution in [0.15, 0.2) is 103 Å². The highest BCUT2D eigenvalue weighted by Gasteiger charge is 2.46. The lowest BCUT2D eigenvalue weighted by Gasteiger charge is -2.37. The van der Waals surface area contributed by atoms with Gasteiger partial charge in [0.1, 0.15) is 5.57 Å². The van der Waals surface area contributed by atoms with Gasteiger partial charge in [-0.15, -0.1) is 0 Å². The minimum Gasteiger partial charge on any atom is -0.268 e. The fourth-order valence-corrected chi connectivity index (χ4v) is 5.46. The van der Waals surface area contributed by atoms with E-state index < -0.39 is 33.0 Å². The molecule has 0 atom stereocenters. The van der Waals surface area contributed by atoms with Gasteiger partial charge in [-0.05, 0) is 47.6 Å². The van der Waals surface area contributed by atoms with E-state index in [1.807, 2.05) is 0 Å². The van der Waals surface area contributed by atoms with Crippen LogP contribution in [0.4, 0.5) is 22.7 Å². The van der Waals surface area contributed by atoms with E-state index in [2.05, 4.69) is 0 Å². The summed E-state index contributed by atoms with van der Waals surface area (Å²) < 4.78 is 0. The zero-order valence-electron chi connectivity index (χ0n) is 20.4. The Morgan fingerprint density at radius 2 is 1.10 bits per heavy atom. The minimum atomic E-state index is -0.750. The summed E-state index contributed by atoms with van der Waals surface area (Å²) in [5.41, 5.74) is 0.410. The number of nitro benzene ring substituents is 2. The molecular formula is C29H16N4O6S. The number of hydrogen-bond acceptors (Lipinski definition) is 7. The van der Waals surface area contributed by atoms with Crippen LogP contribution in [-0.2, 0) is 9.59 Å². The summed E-state index contributed by atoms with van der Waals surface area (Å²) in [6, 6.07) is 25.7. The molecule has 0 spiro atoms. The van der Waals surface area contributed by atoms with Crippen molar-refractivity contribution in [2.45, 2.75) is 0 Å². The molecule has 0 radical (unpaired) electrons. The zero-order chi connectivity index (χ0) is 28.1. The monoisotopic (exact) mass is 548 g/mol. The van der Waals surface area contributed by atoms with Crippen LogP contribution in [0.3, 0.4) is 0 Å². The third-order valence-electron chi connectivity index (χ3n) is 6.74. The first kappa shape index (κ1) is 24.8. The number of anilines is 2. The normalized spacial score (nSPS) is 14.3. The van der Waals surface area contributed by atoms with Gasteiger partial charge in [0.25, 0.3) is 23.2 Å². The van der Waals surface area contributed by atoms with Gasteiger partial charge in [-0.2, -0.15) is 0 Å². The second-order valence-corrected chi connectivity index (χ2v) is 9.30. The summed E-state index contributed by atoms with van der Waals surface area (Å²) in [7, 11) is 0. The highest BCUT2D eigenvalue weighted by Crippen LogP contribution is 2.52. The Morgan fingerprint density at radius 3 is 1.60 bits per heavy atom. The lowest BCUT2D eigenvalue weighted by Crippen LogP contribution is -2.57. The van der Waals surface area contributed by atoms with Crippen molar-refractivity contribution < 1.29 is 19.4 Å². The maximum atomic E-state index is 14.2. The van der Waals surface area contributed by atoms with Crippen molar-refractivity contribution >= 4 is 57.5 Å². The smallest absolute Gasteiger partial charge is 0.268 e. The van der Waals surface area contributed by atoms with Crippen molar-refractivity contribution in [3.8, 4) is 11.1 Å². The largest absolute Gasteiger partial charge is 0.284 e. The molecule has 2 aliphatic rings. The summed E-state index contributed by atoms with van der Waals surface area (Å²) in [6.45, 7) is 0. The molecule has 1 fully saturated rings. The molecule has 1 saturated heterocycles. The maximum Gasteiger partial charge on any atom is 0.284 e. The topological polar surface area (TPSA) is 127 Å². The minimum absolute atomic E-state index is 0.0487. The van der Waals surface area contributed by atoms with Gasteiger partial charge in [0, 0.05) is 17.2 Å². The molecule has 194 valence electrons. The first-order valence-electron chi connectivity index (χ1n) is 11.9. The molecule has 6 rings (SSSR count). The number of carbonyl (C=O) groups excluding carboxylic acids is 2. The van der Waals surface area contributed by atoms with Crippen LogP contribution in [0, 0.1) is 20.2 Å². The molecule has 4 aromatic rings. The van der Waals surface area contributed by atoms with Crippen LogP contribution in [-0.4, -0.2) is 26.8 Å². The van der Waals surface area contributed by atoms with Crippen LogP contribution in [0.2, 0.25) is 0 Å². The zero-order valence-corrected chi connectivity index (χ0v) is 21.2. The van der Waals surface area contributed by atoms with Crippen LogP contribution in [0.25, 0.3) is 16.7 Å². The van der Waals surface area contributed by atoms with Crippen molar-refractivity contribution in [2.24, 2.45) is 0 Å². The van der Waals surface area contributed by atoms with Crippen LogP contribution >= 0.6 is 12.2 Å². The number of nitrogens with zero attached hydrogens (tertiary/aromatic N) is 4.